The first-order valence-corrected chi connectivity index (χ1v) is 6.96. The molecule has 0 amide bonds. The highest BCUT2D eigenvalue weighted by atomic mass is 19.1. The van der Waals surface area contributed by atoms with Gasteiger partial charge in [0.15, 0.2) is 0 Å². The predicted octanol–water partition coefficient (Wildman–Crippen LogP) is 1.77. The maximum absolute atomic E-state index is 14.1. The second-order valence-electron chi connectivity index (χ2n) is 5.27. The normalized spacial score (nSPS) is 18.6. The molecule has 4 nitrogen and oxygen atoms in total. The van der Waals surface area contributed by atoms with Crippen molar-refractivity contribution in [2.24, 2.45) is 0 Å². The lowest BCUT2D eigenvalue weighted by Crippen LogP contribution is -2.30. The Morgan fingerprint density at radius 1 is 1.50 bits per heavy atom. The highest BCUT2D eigenvalue weighted by Gasteiger charge is 2.14. The van der Waals surface area contributed by atoms with Crippen molar-refractivity contribution in [3.63, 3.8) is 0 Å². The molecule has 5 heteroatoms. The van der Waals surface area contributed by atoms with Gasteiger partial charge in [-0.15, -0.1) is 0 Å². The molecule has 2 heterocycles. The van der Waals surface area contributed by atoms with Crippen molar-refractivity contribution in [3.05, 3.63) is 47.8 Å². The number of hydrogen-bond acceptors (Lipinski definition) is 3. The Balaban J connectivity index is 1.70. The third-order valence-corrected chi connectivity index (χ3v) is 3.69. The fourth-order valence-electron chi connectivity index (χ4n) is 2.49. The number of benzene rings is 1. The fraction of sp³-hybridized carbons (Fsp3) is 0.400. The van der Waals surface area contributed by atoms with Crippen LogP contribution in [0.1, 0.15) is 17.7 Å². The van der Waals surface area contributed by atoms with Crippen LogP contribution in [0.5, 0.6) is 0 Å². The summed E-state index contributed by atoms with van der Waals surface area (Å²) in [6.07, 6.45) is 4.69. The lowest BCUT2D eigenvalue weighted by molar-refractivity contribution is 0.526. The van der Waals surface area contributed by atoms with Gasteiger partial charge in [-0.25, -0.2) is 9.37 Å². The Hall–Kier alpha value is -1.72. The van der Waals surface area contributed by atoms with Gasteiger partial charge in [-0.2, -0.15) is 0 Å². The first kappa shape index (κ1) is 13.3. The number of rotatable bonds is 4. The topological polar surface area (TPSA) is 41.9 Å². The van der Waals surface area contributed by atoms with Crippen LogP contribution in [-0.4, -0.2) is 28.7 Å². The van der Waals surface area contributed by atoms with Gasteiger partial charge < -0.3 is 15.2 Å². The molecule has 0 radical (unpaired) electrons. The minimum absolute atomic E-state index is 0.174. The van der Waals surface area contributed by atoms with E-state index < -0.39 is 0 Å². The molecule has 3 rings (SSSR count). The largest absolute Gasteiger partial charge is 0.315 e. The Morgan fingerprint density at radius 2 is 2.40 bits per heavy atom. The second kappa shape index (κ2) is 5.73. The minimum Gasteiger partial charge on any atom is -0.315 e. The molecule has 2 aromatic rings. The van der Waals surface area contributed by atoms with Crippen LogP contribution >= 0.6 is 0 Å². The van der Waals surface area contributed by atoms with Gasteiger partial charge in [0.25, 0.3) is 0 Å². The van der Waals surface area contributed by atoms with Gasteiger partial charge in [-0.1, -0.05) is 6.07 Å². The van der Waals surface area contributed by atoms with Gasteiger partial charge in [0.2, 0.25) is 0 Å². The van der Waals surface area contributed by atoms with E-state index in [1.807, 2.05) is 29.8 Å². The number of aryl methyl sites for hydroxylation is 1. The molecule has 1 aromatic carbocycles. The summed E-state index contributed by atoms with van der Waals surface area (Å²) in [6, 6.07) is 5.78. The third-order valence-electron chi connectivity index (χ3n) is 3.69. The molecule has 1 aromatic heterocycles. The lowest BCUT2D eigenvalue weighted by Gasteiger charge is -2.12. The zero-order valence-electron chi connectivity index (χ0n) is 11.6. The molecule has 0 bridgehead atoms. The molecule has 1 saturated heterocycles. The van der Waals surface area contributed by atoms with Gasteiger partial charge in [0.05, 0.1) is 12.0 Å². The van der Waals surface area contributed by atoms with E-state index in [1.54, 1.807) is 12.4 Å². The predicted molar refractivity (Wildman–Crippen MR) is 76.4 cm³/mol. The van der Waals surface area contributed by atoms with Crippen LogP contribution in [0.25, 0.3) is 5.69 Å². The van der Waals surface area contributed by atoms with Crippen molar-refractivity contribution in [3.8, 4) is 5.69 Å². The van der Waals surface area contributed by atoms with Crippen LogP contribution in [0.15, 0.2) is 30.7 Å². The first-order valence-electron chi connectivity index (χ1n) is 6.96. The van der Waals surface area contributed by atoms with Crippen molar-refractivity contribution in [1.29, 1.82) is 0 Å². The van der Waals surface area contributed by atoms with E-state index in [-0.39, 0.29) is 5.82 Å². The van der Waals surface area contributed by atoms with E-state index >= 15 is 0 Å². The first-order chi connectivity index (χ1) is 9.72. The molecule has 106 valence electrons. The maximum atomic E-state index is 14.1. The molecule has 0 aliphatic carbocycles. The molecule has 1 atom stereocenters. The van der Waals surface area contributed by atoms with E-state index in [1.165, 1.54) is 0 Å². The summed E-state index contributed by atoms with van der Waals surface area (Å²) >= 11 is 0. The van der Waals surface area contributed by atoms with E-state index in [0.717, 1.165) is 30.9 Å². The van der Waals surface area contributed by atoms with Gasteiger partial charge in [-0.05, 0) is 32.0 Å². The van der Waals surface area contributed by atoms with E-state index in [0.29, 0.717) is 18.2 Å². The molecule has 1 aliphatic rings. The van der Waals surface area contributed by atoms with Gasteiger partial charge in [-0.3, -0.25) is 0 Å². The summed E-state index contributed by atoms with van der Waals surface area (Å²) in [6.45, 7) is 4.50. The fourth-order valence-corrected chi connectivity index (χ4v) is 2.49. The van der Waals surface area contributed by atoms with Crippen molar-refractivity contribution in [1.82, 2.24) is 20.2 Å². The van der Waals surface area contributed by atoms with Crippen molar-refractivity contribution in [2.45, 2.75) is 25.9 Å². The smallest absolute Gasteiger partial charge is 0.129 e. The minimum atomic E-state index is -0.174. The highest BCUT2D eigenvalue weighted by molar-refractivity contribution is 5.36. The van der Waals surface area contributed by atoms with Crippen LogP contribution in [-0.2, 0) is 6.54 Å². The van der Waals surface area contributed by atoms with Crippen LogP contribution in [0.3, 0.4) is 0 Å². The molecular weight excluding hydrogens is 255 g/mol. The maximum Gasteiger partial charge on any atom is 0.129 e. The number of hydrogen-bond donors (Lipinski definition) is 2. The average molecular weight is 274 g/mol. The van der Waals surface area contributed by atoms with Crippen molar-refractivity contribution < 1.29 is 4.39 Å². The Morgan fingerprint density at radius 3 is 3.05 bits per heavy atom. The van der Waals surface area contributed by atoms with E-state index in [4.69, 9.17) is 0 Å². The Kier molecular flexibility index (Phi) is 3.80. The summed E-state index contributed by atoms with van der Waals surface area (Å²) < 4.78 is 16.0. The Labute approximate surface area is 118 Å². The van der Waals surface area contributed by atoms with Gasteiger partial charge >= 0.3 is 0 Å². The molecule has 20 heavy (non-hydrogen) atoms. The average Bonchev–Trinajstić information content (AvgIpc) is 3.08. The van der Waals surface area contributed by atoms with Crippen LogP contribution in [0.4, 0.5) is 4.39 Å². The summed E-state index contributed by atoms with van der Waals surface area (Å²) in [5.74, 6) is -0.174. The zero-order chi connectivity index (χ0) is 13.9. The number of halogens is 1. The Bertz CT molecular complexity index is 587. The zero-order valence-corrected chi connectivity index (χ0v) is 11.6. The highest BCUT2D eigenvalue weighted by Crippen LogP contribution is 2.15. The van der Waals surface area contributed by atoms with E-state index in [9.17, 15) is 4.39 Å². The van der Waals surface area contributed by atoms with Crippen molar-refractivity contribution >= 4 is 0 Å². The summed E-state index contributed by atoms with van der Waals surface area (Å²) in [4.78, 5) is 4.15. The van der Waals surface area contributed by atoms with Gasteiger partial charge in [0.1, 0.15) is 5.82 Å². The molecule has 1 aliphatic heterocycles. The molecule has 1 fully saturated rings. The number of imidazole rings is 1. The third kappa shape index (κ3) is 2.89. The van der Waals surface area contributed by atoms with E-state index in [2.05, 4.69) is 15.6 Å². The quantitative estimate of drug-likeness (QED) is 0.893. The van der Waals surface area contributed by atoms with Crippen LogP contribution < -0.4 is 10.6 Å². The van der Waals surface area contributed by atoms with Gasteiger partial charge in [0, 0.05) is 36.6 Å². The van der Waals surface area contributed by atoms with Crippen LogP contribution in [0, 0.1) is 12.7 Å². The summed E-state index contributed by atoms with van der Waals surface area (Å²) in [7, 11) is 0. The monoisotopic (exact) mass is 274 g/mol. The molecular formula is C15H19FN4. The number of aromatic nitrogens is 2. The standard InChI is InChI=1S/C15H19FN4/c1-11-9-20(10-19-11)14-3-2-12(15(16)6-14)7-18-13-4-5-17-8-13/h2-3,6,9-10,13,17-18H,4-5,7-8H2,1H3/t13-/m1/s1. The summed E-state index contributed by atoms with van der Waals surface area (Å²) in [5.41, 5.74) is 2.43. The van der Waals surface area contributed by atoms with Crippen molar-refractivity contribution in [2.75, 3.05) is 13.1 Å². The lowest BCUT2D eigenvalue weighted by atomic mass is 10.1. The number of nitrogens with one attached hydrogen (secondary N) is 2. The molecule has 0 spiro atoms. The SMILES string of the molecule is Cc1cn(-c2ccc(CN[C@@H]3CCNC3)c(F)c2)cn1. The molecule has 0 unspecified atom stereocenters. The molecule has 2 N–H and O–H groups in total. The second-order valence-corrected chi connectivity index (χ2v) is 5.27. The molecule has 0 saturated carbocycles. The van der Waals surface area contributed by atoms with Crippen LogP contribution in [0.2, 0.25) is 0 Å². The summed E-state index contributed by atoms with van der Waals surface area (Å²) in [5, 5.41) is 6.67. The number of nitrogens with zero attached hydrogens (tertiary/aromatic N) is 2.